The van der Waals surface area contributed by atoms with Crippen LogP contribution in [0.25, 0.3) is 5.69 Å². The van der Waals surface area contributed by atoms with E-state index in [1.54, 1.807) is 24.3 Å². The van der Waals surface area contributed by atoms with Crippen molar-refractivity contribution in [2.75, 3.05) is 19.5 Å². The largest absolute Gasteiger partial charge is 0.494 e. The summed E-state index contributed by atoms with van der Waals surface area (Å²) in [6.45, 7) is 2.47. The van der Waals surface area contributed by atoms with Gasteiger partial charge in [-0.25, -0.2) is 4.79 Å². The summed E-state index contributed by atoms with van der Waals surface area (Å²) in [5, 5.41) is 9.06. The lowest BCUT2D eigenvalue weighted by Gasteiger charge is -2.09. The van der Waals surface area contributed by atoms with E-state index in [9.17, 15) is 4.79 Å². The second-order valence-electron chi connectivity index (χ2n) is 4.21. The van der Waals surface area contributed by atoms with Gasteiger partial charge in [0.05, 0.1) is 25.0 Å². The number of methoxy groups -OCH3 is 1. The maximum atomic E-state index is 11.9. The Kier molecular flexibility index (Phi) is 4.14. The quantitative estimate of drug-likeness (QED) is 0.869. The molecule has 0 aliphatic rings. The van der Waals surface area contributed by atoms with E-state index in [1.165, 1.54) is 17.9 Å². The summed E-state index contributed by atoms with van der Waals surface area (Å²) in [5.74, 6) is 0.129. The van der Waals surface area contributed by atoms with Crippen LogP contribution in [0.1, 0.15) is 23.0 Å². The van der Waals surface area contributed by atoms with Crippen LogP contribution in [0.2, 0.25) is 0 Å². The minimum atomic E-state index is -0.595. The number of hydrogen-bond donors (Lipinski definition) is 1. The number of nitrogen functional groups attached to an aromatic ring is 1. The van der Waals surface area contributed by atoms with Gasteiger partial charge in [-0.15, -0.1) is 0 Å². The van der Waals surface area contributed by atoms with Crippen LogP contribution in [-0.4, -0.2) is 24.3 Å². The smallest absolute Gasteiger partial charge is 0.357 e. The van der Waals surface area contributed by atoms with Crippen LogP contribution in [0.15, 0.2) is 30.5 Å². The number of benzene rings is 1. The van der Waals surface area contributed by atoms with Gasteiger partial charge in [-0.3, -0.25) is 0 Å². The molecular weight excluding hydrogens is 270 g/mol. The van der Waals surface area contributed by atoms with E-state index in [4.69, 9.17) is 20.5 Å². The molecule has 2 rings (SSSR count). The number of carbonyl (C=O) groups is 1. The highest BCUT2D eigenvalue weighted by atomic mass is 16.5. The predicted octanol–water partition coefficient (Wildman–Crippen LogP) is 2.12. The van der Waals surface area contributed by atoms with Crippen molar-refractivity contribution in [1.29, 1.82) is 5.26 Å². The molecule has 0 aliphatic heterocycles. The number of esters is 1. The first-order chi connectivity index (χ1) is 10.1. The molecule has 108 valence electrons. The van der Waals surface area contributed by atoms with Gasteiger partial charge < -0.3 is 19.8 Å². The molecule has 21 heavy (non-hydrogen) atoms. The third-order valence-corrected chi connectivity index (χ3v) is 2.97. The molecule has 6 heteroatoms. The number of carbonyl (C=O) groups excluding carboxylic acids is 1. The Morgan fingerprint density at radius 3 is 2.57 bits per heavy atom. The number of nitriles is 1. The summed E-state index contributed by atoms with van der Waals surface area (Å²) < 4.78 is 11.6. The van der Waals surface area contributed by atoms with Crippen molar-refractivity contribution < 1.29 is 14.3 Å². The van der Waals surface area contributed by atoms with Crippen LogP contribution in [-0.2, 0) is 4.74 Å². The summed E-state index contributed by atoms with van der Waals surface area (Å²) in [6, 6.07) is 9.07. The van der Waals surface area contributed by atoms with Gasteiger partial charge in [-0.05, 0) is 31.2 Å². The standard InChI is InChI=1S/C15H15N3O3/c1-3-21-12-6-4-11(5-7-12)18-9-10(8-16)13(17)14(18)15(19)20-2/h4-7,9H,3,17H2,1-2H3. The summed E-state index contributed by atoms with van der Waals surface area (Å²) in [6.07, 6.45) is 1.51. The topological polar surface area (TPSA) is 90.3 Å². The van der Waals surface area contributed by atoms with Crippen LogP contribution in [0, 0.1) is 11.3 Å². The molecule has 2 N–H and O–H groups in total. The molecule has 1 aromatic heterocycles. The normalized spacial score (nSPS) is 9.95. The maximum Gasteiger partial charge on any atom is 0.357 e. The van der Waals surface area contributed by atoms with Crippen molar-refractivity contribution >= 4 is 11.7 Å². The molecule has 0 fully saturated rings. The van der Waals surface area contributed by atoms with Crippen LogP contribution in [0.4, 0.5) is 5.69 Å². The van der Waals surface area contributed by atoms with Crippen LogP contribution < -0.4 is 10.5 Å². The van der Waals surface area contributed by atoms with Crippen molar-refractivity contribution in [2.24, 2.45) is 0 Å². The molecule has 0 bridgehead atoms. The van der Waals surface area contributed by atoms with Crippen LogP contribution in [0.5, 0.6) is 5.75 Å². The van der Waals surface area contributed by atoms with Gasteiger partial charge in [0.15, 0.2) is 5.69 Å². The lowest BCUT2D eigenvalue weighted by Crippen LogP contribution is -2.11. The van der Waals surface area contributed by atoms with E-state index in [1.807, 2.05) is 13.0 Å². The summed E-state index contributed by atoms with van der Waals surface area (Å²) in [5.41, 5.74) is 7.00. The number of aromatic nitrogens is 1. The molecule has 0 aliphatic carbocycles. The van der Waals surface area contributed by atoms with Crippen LogP contribution in [0.3, 0.4) is 0 Å². The van der Waals surface area contributed by atoms with E-state index < -0.39 is 5.97 Å². The molecule has 0 amide bonds. The third kappa shape index (κ3) is 2.67. The zero-order valence-corrected chi connectivity index (χ0v) is 11.8. The first kappa shape index (κ1) is 14.5. The number of hydrogen-bond acceptors (Lipinski definition) is 5. The zero-order valence-electron chi connectivity index (χ0n) is 11.8. The highest BCUT2D eigenvalue weighted by Gasteiger charge is 2.21. The molecule has 0 radical (unpaired) electrons. The van der Waals surface area contributed by atoms with Gasteiger partial charge in [-0.2, -0.15) is 5.26 Å². The van der Waals surface area contributed by atoms with Gasteiger partial charge in [0, 0.05) is 11.9 Å². The Labute approximate surface area is 122 Å². The SMILES string of the molecule is CCOc1ccc(-n2cc(C#N)c(N)c2C(=O)OC)cc1. The van der Waals surface area contributed by atoms with Crippen molar-refractivity contribution in [2.45, 2.75) is 6.92 Å². The van der Waals surface area contributed by atoms with E-state index >= 15 is 0 Å². The van der Waals surface area contributed by atoms with Gasteiger partial charge in [0.2, 0.25) is 0 Å². The highest BCUT2D eigenvalue weighted by molar-refractivity contribution is 5.95. The molecule has 1 aromatic carbocycles. The zero-order chi connectivity index (χ0) is 15.4. The Bertz CT molecular complexity index is 696. The summed E-state index contributed by atoms with van der Waals surface area (Å²) in [7, 11) is 1.27. The Balaban J connectivity index is 2.52. The first-order valence-corrected chi connectivity index (χ1v) is 6.34. The average Bonchev–Trinajstić information content (AvgIpc) is 2.84. The minimum absolute atomic E-state index is 0.109. The van der Waals surface area contributed by atoms with Gasteiger partial charge in [-0.1, -0.05) is 0 Å². The highest BCUT2D eigenvalue weighted by Crippen LogP contribution is 2.25. The number of rotatable bonds is 4. The molecule has 2 aromatic rings. The summed E-state index contributed by atoms with van der Waals surface area (Å²) in [4.78, 5) is 11.9. The monoisotopic (exact) mass is 285 g/mol. The Morgan fingerprint density at radius 1 is 1.38 bits per heavy atom. The summed E-state index contributed by atoms with van der Waals surface area (Å²) >= 11 is 0. The van der Waals surface area contributed by atoms with E-state index in [2.05, 4.69) is 0 Å². The fourth-order valence-corrected chi connectivity index (χ4v) is 1.99. The second-order valence-corrected chi connectivity index (χ2v) is 4.21. The fourth-order valence-electron chi connectivity index (χ4n) is 1.99. The van der Waals surface area contributed by atoms with E-state index in [-0.39, 0.29) is 16.9 Å². The van der Waals surface area contributed by atoms with Gasteiger partial charge in [0.1, 0.15) is 11.8 Å². The molecule has 1 heterocycles. The Hall–Kier alpha value is -2.94. The molecule has 6 nitrogen and oxygen atoms in total. The van der Waals surface area contributed by atoms with Crippen molar-refractivity contribution in [3.63, 3.8) is 0 Å². The Morgan fingerprint density at radius 2 is 2.05 bits per heavy atom. The van der Waals surface area contributed by atoms with Crippen molar-refractivity contribution in [3.8, 4) is 17.5 Å². The molecule has 0 saturated carbocycles. The second kappa shape index (κ2) is 6.01. The van der Waals surface area contributed by atoms with Gasteiger partial charge >= 0.3 is 5.97 Å². The fraction of sp³-hybridized carbons (Fsp3) is 0.200. The maximum absolute atomic E-state index is 11.9. The first-order valence-electron chi connectivity index (χ1n) is 6.34. The number of anilines is 1. The molecule has 0 unspecified atom stereocenters. The van der Waals surface area contributed by atoms with E-state index in [0.29, 0.717) is 12.3 Å². The lowest BCUT2D eigenvalue weighted by molar-refractivity contribution is 0.0593. The third-order valence-electron chi connectivity index (χ3n) is 2.97. The molecule has 0 spiro atoms. The number of ether oxygens (including phenoxy) is 2. The number of nitrogens with two attached hydrogens (primary N) is 1. The van der Waals surface area contributed by atoms with Crippen molar-refractivity contribution in [1.82, 2.24) is 4.57 Å². The van der Waals surface area contributed by atoms with Crippen molar-refractivity contribution in [3.05, 3.63) is 41.7 Å². The molecule has 0 saturated heterocycles. The average molecular weight is 285 g/mol. The lowest BCUT2D eigenvalue weighted by atomic mass is 10.2. The van der Waals surface area contributed by atoms with Gasteiger partial charge in [0.25, 0.3) is 0 Å². The molecule has 0 atom stereocenters. The number of nitrogens with zero attached hydrogens (tertiary/aromatic N) is 2. The molecular formula is C15H15N3O3. The minimum Gasteiger partial charge on any atom is -0.494 e. The van der Waals surface area contributed by atoms with E-state index in [0.717, 1.165) is 5.75 Å². The predicted molar refractivity (Wildman–Crippen MR) is 77.4 cm³/mol. The van der Waals surface area contributed by atoms with Crippen LogP contribution >= 0.6 is 0 Å².